The predicted octanol–water partition coefficient (Wildman–Crippen LogP) is 2.30. The summed E-state index contributed by atoms with van der Waals surface area (Å²) in [7, 11) is 3.29. The highest BCUT2D eigenvalue weighted by molar-refractivity contribution is 6.06. The van der Waals surface area contributed by atoms with Gasteiger partial charge in [0.2, 0.25) is 0 Å². The molecule has 12 heteroatoms. The third-order valence-corrected chi connectivity index (χ3v) is 7.68. The smallest absolute Gasteiger partial charge is 0.258 e. The first-order chi connectivity index (χ1) is 20.7. The number of aryl methyl sites for hydroxylation is 3. The van der Waals surface area contributed by atoms with Gasteiger partial charge in [0.05, 0.1) is 36.3 Å². The van der Waals surface area contributed by atoms with Crippen LogP contribution in [-0.4, -0.2) is 76.3 Å². The van der Waals surface area contributed by atoms with E-state index in [1.54, 1.807) is 34.8 Å². The van der Waals surface area contributed by atoms with Gasteiger partial charge in [-0.1, -0.05) is 12.1 Å². The molecule has 7 rings (SSSR count). The lowest BCUT2D eigenvalue weighted by atomic mass is 10.1. The van der Waals surface area contributed by atoms with Crippen molar-refractivity contribution < 1.29 is 28.6 Å². The van der Waals surface area contributed by atoms with Gasteiger partial charge >= 0.3 is 0 Å². The molecule has 222 valence electrons. The molecular formula is C31H32N6O6. The highest BCUT2D eigenvalue weighted by Crippen LogP contribution is 2.29. The van der Waals surface area contributed by atoms with Gasteiger partial charge in [-0.15, -0.1) is 0 Å². The summed E-state index contributed by atoms with van der Waals surface area (Å²) >= 11 is 0. The van der Waals surface area contributed by atoms with Crippen molar-refractivity contribution in [2.24, 2.45) is 7.05 Å². The Labute approximate surface area is 247 Å². The molecule has 2 N–H and O–H groups in total. The molecule has 0 saturated carbocycles. The second-order valence-electron chi connectivity index (χ2n) is 10.7. The van der Waals surface area contributed by atoms with E-state index < -0.39 is 12.1 Å². The van der Waals surface area contributed by atoms with E-state index in [2.05, 4.69) is 20.7 Å². The second-order valence-corrected chi connectivity index (χ2v) is 10.7. The summed E-state index contributed by atoms with van der Waals surface area (Å²) < 4.78 is 19.1. The molecule has 12 nitrogen and oxygen atoms in total. The number of amides is 3. The number of pyridine rings is 1. The number of carbonyl (C=O) groups excluding carboxylic acids is 3. The molecule has 4 bridgehead atoms. The quantitative estimate of drug-likeness (QED) is 0.366. The third kappa shape index (κ3) is 5.55. The zero-order valence-electron chi connectivity index (χ0n) is 24.3. The van der Waals surface area contributed by atoms with Gasteiger partial charge < -0.3 is 29.7 Å². The first-order valence-electron chi connectivity index (χ1n) is 13.9. The monoisotopic (exact) mass is 584 g/mol. The zero-order chi connectivity index (χ0) is 30.2. The Morgan fingerprint density at radius 2 is 1.86 bits per heavy atom. The maximum Gasteiger partial charge on any atom is 0.258 e. The van der Waals surface area contributed by atoms with Gasteiger partial charge in [-0.3, -0.25) is 19.1 Å². The molecule has 43 heavy (non-hydrogen) atoms. The number of hydrogen-bond donors (Lipinski definition) is 2. The molecule has 2 atom stereocenters. The summed E-state index contributed by atoms with van der Waals surface area (Å²) in [5.41, 5.74) is 3.76. The first-order valence-corrected chi connectivity index (χ1v) is 13.9. The van der Waals surface area contributed by atoms with Crippen molar-refractivity contribution in [1.82, 2.24) is 30.3 Å². The minimum atomic E-state index is -0.531. The van der Waals surface area contributed by atoms with Gasteiger partial charge in [0.1, 0.15) is 11.9 Å². The fourth-order valence-electron chi connectivity index (χ4n) is 5.54. The summed E-state index contributed by atoms with van der Waals surface area (Å²) in [6.07, 6.45) is -0.531. The molecule has 3 aliphatic heterocycles. The minimum Gasteiger partial charge on any atom is -0.493 e. The van der Waals surface area contributed by atoms with Crippen molar-refractivity contribution in [3.8, 4) is 17.2 Å². The molecule has 0 aliphatic carbocycles. The first kappa shape index (κ1) is 28.0. The van der Waals surface area contributed by atoms with E-state index in [4.69, 9.17) is 14.2 Å². The van der Waals surface area contributed by atoms with Crippen LogP contribution in [0.25, 0.3) is 11.0 Å². The lowest BCUT2D eigenvalue weighted by Crippen LogP contribution is -2.45. The molecular weight excluding hydrogens is 552 g/mol. The number of likely N-dealkylation sites (tertiary alicyclic amines) is 1. The molecule has 5 heterocycles. The fourth-order valence-corrected chi connectivity index (χ4v) is 5.54. The number of nitrogens with zero attached hydrogens (tertiary/aromatic N) is 4. The summed E-state index contributed by atoms with van der Waals surface area (Å²) in [4.78, 5) is 46.2. The molecule has 4 aromatic rings. The second kappa shape index (κ2) is 11.3. The number of fused-ring (bicyclic) bond motifs is 8. The van der Waals surface area contributed by atoms with E-state index in [1.165, 1.54) is 13.2 Å². The van der Waals surface area contributed by atoms with Gasteiger partial charge in [0, 0.05) is 31.4 Å². The Bertz CT molecular complexity index is 1730. The van der Waals surface area contributed by atoms with Crippen molar-refractivity contribution in [2.45, 2.75) is 32.5 Å². The van der Waals surface area contributed by atoms with Crippen molar-refractivity contribution in [1.29, 1.82) is 0 Å². The van der Waals surface area contributed by atoms with Gasteiger partial charge in [0.15, 0.2) is 23.8 Å². The number of benzene rings is 2. The number of aromatic nitrogens is 3. The highest BCUT2D eigenvalue weighted by atomic mass is 16.5. The Balaban J connectivity index is 1.34. The average molecular weight is 585 g/mol. The Hall–Kier alpha value is -5.13. The largest absolute Gasteiger partial charge is 0.493 e. The molecule has 3 amide bonds. The summed E-state index contributed by atoms with van der Waals surface area (Å²) in [5.74, 6) is 0.349. The van der Waals surface area contributed by atoms with E-state index >= 15 is 0 Å². The number of hydrogen-bond acceptors (Lipinski definition) is 8. The Morgan fingerprint density at radius 1 is 1.07 bits per heavy atom. The standard InChI is InChI=1S/C31H32N6O6/c1-17-11-22(28-18(2)35-36(3)29(28)33-17)31(40)37-14-23-26(15-37)43-21-8-5-19(6-9-21)13-32-27(38)16-42-25-12-20(30(39)34-23)7-10-24(25)41-4/h5-12,23,26H,13-16H2,1-4H3,(H,32,38)(H,34,39)/t23-,26-/m0/s1. The maximum absolute atomic E-state index is 14.0. The molecule has 0 radical (unpaired) electrons. The normalized spacial score (nSPS) is 18.7. The maximum atomic E-state index is 14.0. The molecule has 1 fully saturated rings. The highest BCUT2D eigenvalue weighted by Gasteiger charge is 2.39. The van der Waals surface area contributed by atoms with Crippen LogP contribution < -0.4 is 24.8 Å². The Morgan fingerprint density at radius 3 is 2.63 bits per heavy atom. The lowest BCUT2D eigenvalue weighted by molar-refractivity contribution is -0.123. The zero-order valence-corrected chi connectivity index (χ0v) is 24.3. The van der Waals surface area contributed by atoms with Crippen LogP contribution in [0, 0.1) is 13.8 Å². The van der Waals surface area contributed by atoms with Gasteiger partial charge in [0.25, 0.3) is 17.7 Å². The van der Waals surface area contributed by atoms with Crippen LogP contribution >= 0.6 is 0 Å². The van der Waals surface area contributed by atoms with Crippen LogP contribution in [0.2, 0.25) is 0 Å². The molecule has 2 aromatic carbocycles. The number of ether oxygens (including phenoxy) is 3. The fraction of sp³-hybridized carbons (Fsp3) is 0.323. The van der Waals surface area contributed by atoms with Crippen molar-refractivity contribution >= 4 is 28.8 Å². The van der Waals surface area contributed by atoms with E-state index in [-0.39, 0.29) is 43.2 Å². The van der Waals surface area contributed by atoms with Crippen LogP contribution in [0.4, 0.5) is 0 Å². The SMILES string of the molecule is COc1ccc2cc1OCC(=O)NCc1ccc(cc1)O[C@H]1CN(C(=O)c3cc(C)nc4c3c(C)nn4C)C[C@@H]1NC2=O. The van der Waals surface area contributed by atoms with Crippen LogP contribution in [0.5, 0.6) is 17.2 Å². The molecule has 1 saturated heterocycles. The Kier molecular flexibility index (Phi) is 7.34. The molecule has 3 aliphatic rings. The topological polar surface area (TPSA) is 137 Å². The summed E-state index contributed by atoms with van der Waals surface area (Å²) in [5, 5.41) is 11.1. The van der Waals surface area contributed by atoms with E-state index in [0.717, 1.165) is 5.56 Å². The predicted molar refractivity (Wildman–Crippen MR) is 156 cm³/mol. The number of nitrogens with one attached hydrogen (secondary N) is 2. The van der Waals surface area contributed by atoms with Crippen LogP contribution in [0.3, 0.4) is 0 Å². The lowest BCUT2D eigenvalue weighted by Gasteiger charge is -2.21. The van der Waals surface area contributed by atoms with Crippen LogP contribution in [0.1, 0.15) is 37.7 Å². The number of methoxy groups -OCH3 is 1. The van der Waals surface area contributed by atoms with E-state index in [1.807, 2.05) is 38.1 Å². The van der Waals surface area contributed by atoms with Crippen molar-refractivity contribution in [3.63, 3.8) is 0 Å². The van der Waals surface area contributed by atoms with Gasteiger partial charge in [-0.2, -0.15) is 5.10 Å². The summed E-state index contributed by atoms with van der Waals surface area (Å²) in [6.45, 7) is 4.24. The number of rotatable bonds is 2. The summed E-state index contributed by atoms with van der Waals surface area (Å²) in [6, 6.07) is 13.3. The molecule has 2 aromatic heterocycles. The molecule has 0 unspecified atom stereocenters. The third-order valence-electron chi connectivity index (χ3n) is 7.68. The van der Waals surface area contributed by atoms with Crippen LogP contribution in [0.15, 0.2) is 48.5 Å². The van der Waals surface area contributed by atoms with Crippen LogP contribution in [-0.2, 0) is 18.4 Å². The van der Waals surface area contributed by atoms with Gasteiger partial charge in [-0.25, -0.2) is 4.98 Å². The molecule has 0 spiro atoms. The van der Waals surface area contributed by atoms with Crippen molar-refractivity contribution in [2.75, 3.05) is 26.8 Å². The average Bonchev–Trinajstić information content (AvgIpc) is 3.52. The van der Waals surface area contributed by atoms with Gasteiger partial charge in [-0.05, 0) is 55.8 Å². The number of carbonyl (C=O) groups is 3. The van der Waals surface area contributed by atoms with Crippen molar-refractivity contribution in [3.05, 3.63) is 76.6 Å². The van der Waals surface area contributed by atoms with E-state index in [9.17, 15) is 14.4 Å². The van der Waals surface area contributed by atoms with E-state index in [0.29, 0.717) is 51.6 Å². The minimum absolute atomic E-state index is 0.190.